The summed E-state index contributed by atoms with van der Waals surface area (Å²) in [6.07, 6.45) is 4.95. The number of rotatable bonds is 4. The van der Waals surface area contributed by atoms with Crippen LogP contribution in [0.1, 0.15) is 11.5 Å². The number of carbonyl (C=O) groups excluding carboxylic acids is 2. The maximum atomic E-state index is 13.1. The lowest BCUT2D eigenvalue weighted by atomic mass is 9.77. The average molecular weight is 355 g/mol. The fourth-order valence-electron chi connectivity index (χ4n) is 4.18. The van der Waals surface area contributed by atoms with Gasteiger partial charge in [0.05, 0.1) is 37.3 Å². The van der Waals surface area contributed by atoms with E-state index in [0.717, 1.165) is 0 Å². The summed E-state index contributed by atoms with van der Waals surface area (Å²) >= 11 is 0. The summed E-state index contributed by atoms with van der Waals surface area (Å²) in [6, 6.07) is 5.25. The van der Waals surface area contributed by atoms with Gasteiger partial charge in [0.15, 0.2) is 5.82 Å². The van der Waals surface area contributed by atoms with Crippen LogP contribution in [-0.2, 0) is 20.9 Å². The third kappa shape index (κ3) is 2.08. The van der Waals surface area contributed by atoms with E-state index in [4.69, 9.17) is 13.7 Å². The van der Waals surface area contributed by atoms with Crippen LogP contribution in [0.4, 0.5) is 5.82 Å². The van der Waals surface area contributed by atoms with Crippen LogP contribution < -0.4 is 10.2 Å². The Hall–Kier alpha value is -2.87. The SMILES string of the molecule is Cc1cc(N2C[C@@]34C=C[C@@H](O3)[C@H](C(=O)NCc3ccco3)[C@@H]4C2=O)no1. The molecule has 3 aliphatic heterocycles. The van der Waals surface area contributed by atoms with Gasteiger partial charge in [-0.05, 0) is 19.1 Å². The predicted octanol–water partition coefficient (Wildman–Crippen LogP) is 1.18. The first kappa shape index (κ1) is 15.4. The molecule has 2 aromatic rings. The molecule has 0 aromatic carbocycles. The highest BCUT2D eigenvalue weighted by Gasteiger charge is 2.67. The molecule has 0 saturated carbocycles. The van der Waals surface area contributed by atoms with Crippen molar-refractivity contribution in [1.29, 1.82) is 0 Å². The van der Waals surface area contributed by atoms with E-state index < -0.39 is 17.4 Å². The van der Waals surface area contributed by atoms with Gasteiger partial charge in [0.1, 0.15) is 17.1 Å². The molecule has 0 unspecified atom stereocenters. The van der Waals surface area contributed by atoms with Crippen molar-refractivity contribution in [3.05, 3.63) is 48.1 Å². The van der Waals surface area contributed by atoms with Gasteiger partial charge >= 0.3 is 0 Å². The number of carbonyl (C=O) groups is 2. The van der Waals surface area contributed by atoms with Crippen LogP contribution in [0.5, 0.6) is 0 Å². The number of furan rings is 1. The molecule has 2 amide bonds. The highest BCUT2D eigenvalue weighted by molar-refractivity contribution is 6.02. The Balaban J connectivity index is 1.40. The van der Waals surface area contributed by atoms with Crippen LogP contribution in [0.15, 0.2) is 45.6 Å². The van der Waals surface area contributed by atoms with Gasteiger partial charge in [-0.25, -0.2) is 0 Å². The Bertz CT molecular complexity index is 902. The molecule has 1 N–H and O–H groups in total. The summed E-state index contributed by atoms with van der Waals surface area (Å²) in [7, 11) is 0. The molecule has 5 heterocycles. The first-order valence-electron chi connectivity index (χ1n) is 8.49. The number of anilines is 1. The van der Waals surface area contributed by atoms with E-state index >= 15 is 0 Å². The monoisotopic (exact) mass is 355 g/mol. The van der Waals surface area contributed by atoms with E-state index in [0.29, 0.717) is 23.9 Å². The Morgan fingerprint density at radius 2 is 2.38 bits per heavy atom. The van der Waals surface area contributed by atoms with Gasteiger partial charge in [0, 0.05) is 6.07 Å². The minimum atomic E-state index is -0.776. The highest BCUT2D eigenvalue weighted by Crippen LogP contribution is 2.52. The Morgan fingerprint density at radius 3 is 3.12 bits per heavy atom. The molecule has 26 heavy (non-hydrogen) atoms. The Kier molecular flexibility index (Phi) is 3.14. The second kappa shape index (κ2) is 5.31. The normalized spacial score (nSPS) is 31.7. The van der Waals surface area contributed by atoms with Crippen LogP contribution >= 0.6 is 0 Å². The van der Waals surface area contributed by atoms with E-state index in [1.165, 1.54) is 0 Å². The van der Waals surface area contributed by atoms with Gasteiger partial charge in [0.25, 0.3) is 0 Å². The van der Waals surface area contributed by atoms with Crippen molar-refractivity contribution in [2.45, 2.75) is 25.2 Å². The second-order valence-electron chi connectivity index (χ2n) is 6.92. The molecule has 2 aromatic heterocycles. The Labute approximate surface area is 148 Å². The number of amides is 2. The number of nitrogens with zero attached hydrogens (tertiary/aromatic N) is 2. The van der Waals surface area contributed by atoms with E-state index in [9.17, 15) is 9.59 Å². The third-order valence-electron chi connectivity index (χ3n) is 5.31. The molecule has 1 spiro atoms. The zero-order valence-corrected chi connectivity index (χ0v) is 14.0. The minimum Gasteiger partial charge on any atom is -0.467 e. The number of aromatic nitrogens is 1. The number of ether oxygens (including phenoxy) is 1. The molecule has 2 bridgehead atoms. The molecular formula is C18H17N3O5. The van der Waals surface area contributed by atoms with Gasteiger partial charge in [0.2, 0.25) is 11.8 Å². The number of fused-ring (bicyclic) bond motifs is 1. The van der Waals surface area contributed by atoms with E-state index in [1.807, 2.05) is 12.2 Å². The minimum absolute atomic E-state index is 0.164. The molecule has 5 rings (SSSR count). The predicted molar refractivity (Wildman–Crippen MR) is 87.9 cm³/mol. The van der Waals surface area contributed by atoms with Crippen molar-refractivity contribution >= 4 is 17.6 Å². The lowest BCUT2D eigenvalue weighted by molar-refractivity contribution is -0.132. The summed E-state index contributed by atoms with van der Waals surface area (Å²) in [6.45, 7) is 2.37. The molecule has 0 aliphatic carbocycles. The summed E-state index contributed by atoms with van der Waals surface area (Å²) in [5.41, 5.74) is -0.776. The Morgan fingerprint density at radius 1 is 1.50 bits per heavy atom. The fourth-order valence-corrected chi connectivity index (χ4v) is 4.18. The molecule has 8 nitrogen and oxygen atoms in total. The van der Waals surface area contributed by atoms with Crippen LogP contribution in [-0.4, -0.2) is 35.2 Å². The third-order valence-corrected chi connectivity index (χ3v) is 5.31. The van der Waals surface area contributed by atoms with Crippen molar-refractivity contribution in [2.24, 2.45) is 11.8 Å². The quantitative estimate of drug-likeness (QED) is 0.827. The molecule has 2 saturated heterocycles. The second-order valence-corrected chi connectivity index (χ2v) is 6.92. The molecule has 3 aliphatic rings. The number of hydrogen-bond donors (Lipinski definition) is 1. The smallest absolute Gasteiger partial charge is 0.235 e. The summed E-state index contributed by atoms with van der Waals surface area (Å²) < 4.78 is 16.4. The fraction of sp³-hybridized carbons (Fsp3) is 0.389. The van der Waals surface area contributed by atoms with Crippen LogP contribution in [0, 0.1) is 18.8 Å². The topological polar surface area (TPSA) is 97.8 Å². The van der Waals surface area contributed by atoms with Crippen LogP contribution in [0.2, 0.25) is 0 Å². The number of aryl methyl sites for hydroxylation is 1. The molecule has 134 valence electrons. The lowest BCUT2D eigenvalue weighted by Crippen LogP contribution is -2.43. The standard InChI is InChI=1S/C18H17N3O5/c1-10-7-13(20-26-10)21-9-18-5-4-12(25-18)14(15(18)17(21)23)16(22)19-8-11-3-2-6-24-11/h2-7,12,14-15H,8-9H2,1H3,(H,19,22)/t12-,14+,15-,18-/m1/s1. The van der Waals surface area contributed by atoms with Crippen LogP contribution in [0.3, 0.4) is 0 Å². The van der Waals surface area contributed by atoms with Crippen molar-refractivity contribution in [3.8, 4) is 0 Å². The summed E-state index contributed by atoms with van der Waals surface area (Å²) in [4.78, 5) is 27.4. The maximum absolute atomic E-state index is 13.1. The van der Waals surface area contributed by atoms with Gasteiger partial charge in [-0.3, -0.25) is 14.5 Å². The molecule has 8 heteroatoms. The van der Waals surface area contributed by atoms with Gasteiger partial charge in [-0.2, -0.15) is 0 Å². The largest absolute Gasteiger partial charge is 0.467 e. The van der Waals surface area contributed by atoms with Crippen molar-refractivity contribution in [1.82, 2.24) is 10.5 Å². The van der Waals surface area contributed by atoms with Crippen molar-refractivity contribution < 1.29 is 23.3 Å². The zero-order valence-electron chi connectivity index (χ0n) is 14.0. The molecule has 0 radical (unpaired) electrons. The van der Waals surface area contributed by atoms with E-state index in [-0.39, 0.29) is 24.5 Å². The first-order valence-corrected chi connectivity index (χ1v) is 8.49. The number of nitrogens with one attached hydrogen (secondary N) is 1. The lowest BCUT2D eigenvalue weighted by Gasteiger charge is -2.23. The molecule has 4 atom stereocenters. The maximum Gasteiger partial charge on any atom is 0.235 e. The van der Waals surface area contributed by atoms with Gasteiger partial charge in [-0.1, -0.05) is 17.3 Å². The number of hydrogen-bond acceptors (Lipinski definition) is 6. The zero-order chi connectivity index (χ0) is 17.9. The van der Waals surface area contributed by atoms with Gasteiger partial charge in [-0.15, -0.1) is 0 Å². The van der Waals surface area contributed by atoms with Crippen molar-refractivity contribution in [2.75, 3.05) is 11.4 Å². The van der Waals surface area contributed by atoms with E-state index in [2.05, 4.69) is 10.5 Å². The first-order chi connectivity index (χ1) is 12.6. The average Bonchev–Trinajstić information content (AvgIpc) is 3.41. The summed E-state index contributed by atoms with van der Waals surface area (Å²) in [5.74, 6) is 0.219. The van der Waals surface area contributed by atoms with Crippen molar-refractivity contribution in [3.63, 3.8) is 0 Å². The molecule has 2 fully saturated rings. The highest BCUT2D eigenvalue weighted by atomic mass is 16.5. The summed E-state index contributed by atoms with van der Waals surface area (Å²) in [5, 5.41) is 6.78. The van der Waals surface area contributed by atoms with Gasteiger partial charge < -0.3 is 19.0 Å². The molecular weight excluding hydrogens is 338 g/mol. The van der Waals surface area contributed by atoms with E-state index in [1.54, 1.807) is 36.3 Å². The van der Waals surface area contributed by atoms with Crippen LogP contribution in [0.25, 0.3) is 0 Å².